The first-order valence-electron chi connectivity index (χ1n) is 10.6. The summed E-state index contributed by atoms with van der Waals surface area (Å²) in [5.41, 5.74) is 11.3. The van der Waals surface area contributed by atoms with E-state index < -0.39 is 0 Å². The zero-order chi connectivity index (χ0) is 20.2. The Morgan fingerprint density at radius 1 is 1.07 bits per heavy atom. The molecular weight excluding hydrogens is 365 g/mol. The van der Waals surface area contributed by atoms with Crippen LogP contribution >= 0.6 is 0 Å². The fraction of sp³-hybridized carbons (Fsp3) is 0.435. The number of guanidine groups is 1. The average molecular weight is 396 g/mol. The van der Waals surface area contributed by atoms with Crippen molar-refractivity contribution in [3.8, 4) is 0 Å². The lowest BCUT2D eigenvalue weighted by Gasteiger charge is -2.35. The van der Waals surface area contributed by atoms with Gasteiger partial charge in [0.15, 0.2) is 5.96 Å². The van der Waals surface area contributed by atoms with Crippen molar-refractivity contribution in [2.75, 3.05) is 42.9 Å². The van der Waals surface area contributed by atoms with Gasteiger partial charge in [-0.3, -0.25) is 0 Å². The first-order chi connectivity index (χ1) is 14.1. The molecule has 3 N–H and O–H groups in total. The molecule has 154 valence electrons. The Morgan fingerprint density at radius 3 is 2.62 bits per heavy atom. The Morgan fingerprint density at radius 2 is 1.86 bits per heavy atom. The molecular formula is C23H30FN5. The summed E-state index contributed by atoms with van der Waals surface area (Å²) in [6.45, 7) is 7.24. The molecule has 1 aliphatic heterocycles. The van der Waals surface area contributed by atoms with Crippen LogP contribution in [0.15, 0.2) is 41.4 Å². The molecule has 0 unspecified atom stereocenters. The maximum Gasteiger partial charge on any atom is 0.193 e. The van der Waals surface area contributed by atoms with Crippen molar-refractivity contribution in [2.45, 2.75) is 32.7 Å². The molecule has 0 radical (unpaired) electrons. The van der Waals surface area contributed by atoms with E-state index in [1.807, 2.05) is 18.2 Å². The fourth-order valence-electron chi connectivity index (χ4n) is 4.22. The van der Waals surface area contributed by atoms with Gasteiger partial charge in [0.05, 0.1) is 12.2 Å². The summed E-state index contributed by atoms with van der Waals surface area (Å²) >= 11 is 0. The quantitative estimate of drug-likeness (QED) is 0.602. The standard InChI is InChI=1S/C23H30FN5/c1-2-28-10-12-29(13-11-28)22-9-6-17(14-21(22)24)16-26-23(25)27-20-8-7-18-4-3-5-19(18)15-20/h6-9,14-15H,2-5,10-13,16H2,1H3,(H3,25,26,27). The number of aryl methyl sites for hydroxylation is 2. The molecule has 29 heavy (non-hydrogen) atoms. The molecule has 0 saturated carbocycles. The first kappa shape index (κ1) is 19.7. The molecule has 1 fully saturated rings. The summed E-state index contributed by atoms with van der Waals surface area (Å²) in [5.74, 6) is 0.163. The largest absolute Gasteiger partial charge is 0.370 e. The highest BCUT2D eigenvalue weighted by atomic mass is 19.1. The topological polar surface area (TPSA) is 56.9 Å². The molecule has 0 spiro atoms. The van der Waals surface area contributed by atoms with Crippen LogP contribution in [0.5, 0.6) is 0 Å². The van der Waals surface area contributed by atoms with E-state index in [2.05, 4.69) is 39.2 Å². The molecule has 4 rings (SSSR count). The van der Waals surface area contributed by atoms with Crippen molar-refractivity contribution in [3.05, 3.63) is 58.9 Å². The number of halogens is 1. The van der Waals surface area contributed by atoms with Crippen molar-refractivity contribution < 1.29 is 4.39 Å². The number of benzene rings is 2. The van der Waals surface area contributed by atoms with E-state index >= 15 is 0 Å². The van der Waals surface area contributed by atoms with Crippen molar-refractivity contribution in [2.24, 2.45) is 10.7 Å². The fourth-order valence-corrected chi connectivity index (χ4v) is 4.22. The molecule has 1 heterocycles. The SMILES string of the molecule is CCN1CCN(c2ccc(CN=C(N)Nc3ccc4c(c3)CCC4)cc2F)CC1. The van der Waals surface area contributed by atoms with Crippen molar-refractivity contribution in [1.29, 1.82) is 0 Å². The number of rotatable bonds is 5. The molecule has 2 aromatic rings. The summed E-state index contributed by atoms with van der Waals surface area (Å²) in [6, 6.07) is 11.7. The van der Waals surface area contributed by atoms with E-state index in [1.54, 1.807) is 6.07 Å². The predicted octanol–water partition coefficient (Wildman–Crippen LogP) is 3.38. The van der Waals surface area contributed by atoms with Gasteiger partial charge in [-0.05, 0) is 66.8 Å². The summed E-state index contributed by atoms with van der Waals surface area (Å²) < 4.78 is 14.7. The van der Waals surface area contributed by atoms with Gasteiger partial charge in [0, 0.05) is 31.9 Å². The van der Waals surface area contributed by atoms with Crippen LogP contribution in [-0.2, 0) is 19.4 Å². The van der Waals surface area contributed by atoms with Crippen molar-refractivity contribution in [1.82, 2.24) is 4.90 Å². The Hall–Kier alpha value is -2.60. The number of nitrogens with zero attached hydrogens (tertiary/aromatic N) is 3. The number of likely N-dealkylation sites (N-methyl/N-ethyl adjacent to an activating group) is 1. The zero-order valence-electron chi connectivity index (χ0n) is 17.1. The zero-order valence-corrected chi connectivity index (χ0v) is 17.1. The van der Waals surface area contributed by atoms with E-state index in [0.717, 1.165) is 56.8 Å². The van der Waals surface area contributed by atoms with Gasteiger partial charge in [0.1, 0.15) is 5.82 Å². The number of nitrogens with two attached hydrogens (primary N) is 1. The van der Waals surface area contributed by atoms with E-state index in [4.69, 9.17) is 5.73 Å². The third kappa shape index (κ3) is 4.70. The van der Waals surface area contributed by atoms with Crippen LogP contribution in [0, 0.1) is 5.82 Å². The predicted molar refractivity (Wildman–Crippen MR) is 118 cm³/mol. The average Bonchev–Trinajstić information content (AvgIpc) is 3.20. The van der Waals surface area contributed by atoms with E-state index in [9.17, 15) is 4.39 Å². The molecule has 1 saturated heterocycles. The summed E-state index contributed by atoms with van der Waals surface area (Å²) in [7, 11) is 0. The number of nitrogens with one attached hydrogen (secondary N) is 1. The van der Waals surface area contributed by atoms with E-state index in [-0.39, 0.29) is 5.82 Å². The van der Waals surface area contributed by atoms with Gasteiger partial charge in [-0.25, -0.2) is 9.38 Å². The molecule has 0 amide bonds. The van der Waals surface area contributed by atoms with Crippen LogP contribution in [0.4, 0.5) is 15.8 Å². The maximum absolute atomic E-state index is 14.7. The van der Waals surface area contributed by atoms with Crippen LogP contribution in [0.2, 0.25) is 0 Å². The third-order valence-electron chi connectivity index (χ3n) is 5.98. The van der Waals surface area contributed by atoms with Crippen LogP contribution in [0.25, 0.3) is 0 Å². The highest BCUT2D eigenvalue weighted by molar-refractivity contribution is 5.92. The normalized spacial score (nSPS) is 17.4. The Bertz CT molecular complexity index is 887. The van der Waals surface area contributed by atoms with Crippen LogP contribution in [-0.4, -0.2) is 43.6 Å². The summed E-state index contributed by atoms with van der Waals surface area (Å²) in [5, 5.41) is 3.15. The van der Waals surface area contributed by atoms with Gasteiger partial charge < -0.3 is 20.9 Å². The van der Waals surface area contributed by atoms with Crippen molar-refractivity contribution in [3.63, 3.8) is 0 Å². The minimum Gasteiger partial charge on any atom is -0.370 e. The van der Waals surface area contributed by atoms with Crippen LogP contribution in [0.1, 0.15) is 30.0 Å². The lowest BCUT2D eigenvalue weighted by molar-refractivity contribution is 0.270. The molecule has 5 nitrogen and oxygen atoms in total. The van der Waals surface area contributed by atoms with Gasteiger partial charge in [0.2, 0.25) is 0 Å². The highest BCUT2D eigenvalue weighted by Crippen LogP contribution is 2.25. The maximum atomic E-state index is 14.7. The molecule has 0 atom stereocenters. The minimum absolute atomic E-state index is 0.187. The second kappa shape index (κ2) is 8.82. The number of hydrogen-bond donors (Lipinski definition) is 2. The summed E-state index contributed by atoms with van der Waals surface area (Å²) in [6.07, 6.45) is 3.51. The van der Waals surface area contributed by atoms with Gasteiger partial charge in [-0.1, -0.05) is 19.1 Å². The first-order valence-corrected chi connectivity index (χ1v) is 10.6. The number of aliphatic imine (C=N–C) groups is 1. The minimum atomic E-state index is -0.187. The smallest absolute Gasteiger partial charge is 0.193 e. The molecule has 2 aliphatic rings. The number of piperazine rings is 1. The van der Waals surface area contributed by atoms with Gasteiger partial charge in [-0.15, -0.1) is 0 Å². The number of anilines is 2. The molecule has 0 bridgehead atoms. The van der Waals surface area contributed by atoms with Gasteiger partial charge in [-0.2, -0.15) is 0 Å². The lowest BCUT2D eigenvalue weighted by Crippen LogP contribution is -2.46. The van der Waals surface area contributed by atoms with Crippen LogP contribution in [0.3, 0.4) is 0 Å². The Labute approximate surface area is 172 Å². The highest BCUT2D eigenvalue weighted by Gasteiger charge is 2.18. The van der Waals surface area contributed by atoms with Crippen molar-refractivity contribution >= 4 is 17.3 Å². The van der Waals surface area contributed by atoms with Gasteiger partial charge >= 0.3 is 0 Å². The number of fused-ring (bicyclic) bond motifs is 1. The summed E-state index contributed by atoms with van der Waals surface area (Å²) in [4.78, 5) is 8.89. The second-order valence-corrected chi connectivity index (χ2v) is 7.87. The van der Waals surface area contributed by atoms with E-state index in [1.165, 1.54) is 17.5 Å². The third-order valence-corrected chi connectivity index (χ3v) is 5.98. The monoisotopic (exact) mass is 395 g/mol. The Kier molecular flexibility index (Phi) is 6.00. The molecule has 0 aromatic heterocycles. The lowest BCUT2D eigenvalue weighted by atomic mass is 10.1. The number of hydrogen-bond acceptors (Lipinski definition) is 3. The molecule has 6 heteroatoms. The molecule has 1 aliphatic carbocycles. The Balaban J connectivity index is 1.36. The molecule has 2 aromatic carbocycles. The van der Waals surface area contributed by atoms with Gasteiger partial charge in [0.25, 0.3) is 0 Å². The van der Waals surface area contributed by atoms with Crippen LogP contribution < -0.4 is 16.0 Å². The van der Waals surface area contributed by atoms with E-state index in [0.29, 0.717) is 18.2 Å². The second-order valence-electron chi connectivity index (χ2n) is 7.87.